The molecule has 5 rings (SSSR count). The Morgan fingerprint density at radius 2 is 1.78 bits per heavy atom. The van der Waals surface area contributed by atoms with E-state index in [1.54, 1.807) is 29.9 Å². The zero-order valence-corrected chi connectivity index (χ0v) is 19.9. The molecule has 0 spiro atoms. The molecule has 0 aliphatic heterocycles. The van der Waals surface area contributed by atoms with Crippen LogP contribution in [0.1, 0.15) is 50.5 Å². The number of rotatable bonds is 5. The van der Waals surface area contributed by atoms with E-state index >= 15 is 0 Å². The van der Waals surface area contributed by atoms with E-state index < -0.39 is 24.4 Å². The molecule has 0 fully saturated rings. The first-order valence-corrected chi connectivity index (χ1v) is 11.8. The second-order valence-corrected chi connectivity index (χ2v) is 8.72. The fraction of sp³-hybridized carbons (Fsp3) is 0.172. The molecular formula is C29H25N3O4. The van der Waals surface area contributed by atoms with E-state index in [2.05, 4.69) is 11.4 Å². The number of pyridine rings is 1. The van der Waals surface area contributed by atoms with Gasteiger partial charge in [0.25, 0.3) is 11.8 Å². The molecule has 0 unspecified atom stereocenters. The van der Waals surface area contributed by atoms with Gasteiger partial charge in [-0.05, 0) is 60.2 Å². The Labute approximate surface area is 208 Å². The number of aromatic nitrogens is 2. The summed E-state index contributed by atoms with van der Waals surface area (Å²) in [6, 6.07) is 20.8. The predicted molar refractivity (Wildman–Crippen MR) is 137 cm³/mol. The molecule has 36 heavy (non-hydrogen) atoms. The van der Waals surface area contributed by atoms with Crippen molar-refractivity contribution in [3.05, 3.63) is 101 Å². The van der Waals surface area contributed by atoms with Crippen LogP contribution >= 0.6 is 0 Å². The van der Waals surface area contributed by atoms with E-state index in [1.807, 2.05) is 54.6 Å². The second-order valence-electron chi connectivity index (χ2n) is 8.72. The molecule has 0 saturated carbocycles. The number of fused-ring (bicyclic) bond motifs is 2. The van der Waals surface area contributed by atoms with Crippen LogP contribution in [0.15, 0.2) is 72.9 Å². The molecule has 7 nitrogen and oxygen atoms in total. The van der Waals surface area contributed by atoms with Gasteiger partial charge in [-0.2, -0.15) is 0 Å². The molecule has 2 aromatic carbocycles. The minimum Gasteiger partial charge on any atom is -0.452 e. The highest BCUT2D eigenvalue weighted by Gasteiger charge is 2.26. The zero-order valence-electron chi connectivity index (χ0n) is 19.9. The molecule has 0 radical (unpaired) electrons. The number of aryl methyl sites for hydroxylation is 1. The van der Waals surface area contributed by atoms with Crippen LogP contribution in [0.3, 0.4) is 0 Å². The monoisotopic (exact) mass is 479 g/mol. The van der Waals surface area contributed by atoms with Crippen molar-refractivity contribution in [3.8, 4) is 0 Å². The summed E-state index contributed by atoms with van der Waals surface area (Å²) < 4.78 is 7.01. The molecule has 180 valence electrons. The van der Waals surface area contributed by atoms with E-state index in [9.17, 15) is 14.4 Å². The van der Waals surface area contributed by atoms with E-state index in [-0.39, 0.29) is 0 Å². The first kappa shape index (κ1) is 23.2. The zero-order chi connectivity index (χ0) is 25.1. The second kappa shape index (κ2) is 10.00. The van der Waals surface area contributed by atoms with Crippen molar-refractivity contribution in [2.45, 2.75) is 19.3 Å². The molecule has 7 heteroatoms. The van der Waals surface area contributed by atoms with Crippen LogP contribution in [0.5, 0.6) is 0 Å². The van der Waals surface area contributed by atoms with Crippen LogP contribution in [-0.2, 0) is 23.0 Å². The van der Waals surface area contributed by atoms with Crippen LogP contribution in [0, 0.1) is 0 Å². The van der Waals surface area contributed by atoms with Crippen molar-refractivity contribution in [2.24, 2.45) is 7.05 Å². The van der Waals surface area contributed by atoms with Crippen LogP contribution in [0.2, 0.25) is 0 Å². The number of hydrogen-bond donors (Lipinski definition) is 1. The minimum absolute atomic E-state index is 0.335. The van der Waals surface area contributed by atoms with Gasteiger partial charge in [-0.1, -0.05) is 48.5 Å². The normalized spacial score (nSPS) is 13.9. The van der Waals surface area contributed by atoms with E-state index in [0.29, 0.717) is 28.6 Å². The minimum atomic E-state index is -0.688. The molecule has 1 aliphatic carbocycles. The fourth-order valence-corrected chi connectivity index (χ4v) is 4.59. The van der Waals surface area contributed by atoms with E-state index in [1.165, 1.54) is 0 Å². The number of carbonyl (C=O) groups excluding carboxylic acids is 3. The Kier molecular flexibility index (Phi) is 6.45. The average molecular weight is 480 g/mol. The summed E-state index contributed by atoms with van der Waals surface area (Å²) in [7, 11) is 1.71. The quantitative estimate of drug-likeness (QED) is 0.424. The number of allylic oxidation sites excluding steroid dienone is 1. The SMILES string of the molecule is Cn1cccc1C(=O)NC(=O)COC(=O)c1c2c(nc3ccccc13)/C(=C/c1ccccc1)CCC2. The van der Waals surface area contributed by atoms with Crippen molar-refractivity contribution < 1.29 is 19.1 Å². The van der Waals surface area contributed by atoms with Gasteiger partial charge in [0.15, 0.2) is 6.61 Å². The van der Waals surface area contributed by atoms with Crippen LogP contribution in [0.25, 0.3) is 22.6 Å². The molecule has 0 saturated heterocycles. The smallest absolute Gasteiger partial charge is 0.339 e. The van der Waals surface area contributed by atoms with Crippen molar-refractivity contribution in [1.29, 1.82) is 0 Å². The van der Waals surface area contributed by atoms with E-state index in [0.717, 1.165) is 35.2 Å². The molecule has 1 aliphatic rings. The molecule has 1 N–H and O–H groups in total. The molecule has 2 aromatic heterocycles. The number of nitrogens with one attached hydrogen (secondary N) is 1. The standard InChI is InChI=1S/C29H25N3O4/c1-32-16-8-15-24(32)28(34)31-25(33)18-36-29(35)26-21-12-5-6-14-23(21)30-27-20(11-7-13-22(26)27)17-19-9-3-2-4-10-19/h2-6,8-10,12,14-17H,7,11,13,18H2,1H3,(H,31,33,34)/b20-17+. The summed E-state index contributed by atoms with van der Waals surface area (Å²) in [5.74, 6) is -1.84. The number of para-hydroxylation sites is 1. The Bertz CT molecular complexity index is 1500. The summed E-state index contributed by atoms with van der Waals surface area (Å²) in [5, 5.41) is 2.95. The van der Waals surface area contributed by atoms with Crippen LogP contribution in [-0.4, -0.2) is 33.9 Å². The lowest BCUT2D eigenvalue weighted by atomic mass is 9.86. The highest BCUT2D eigenvalue weighted by Crippen LogP contribution is 2.36. The number of esters is 1. The summed E-state index contributed by atoms with van der Waals surface area (Å²) in [6.07, 6.45) is 6.22. The summed E-state index contributed by atoms with van der Waals surface area (Å²) in [5.41, 5.74) is 5.20. The maximum Gasteiger partial charge on any atom is 0.339 e. The number of hydrogen-bond acceptors (Lipinski definition) is 5. The summed E-state index contributed by atoms with van der Waals surface area (Å²) in [6.45, 7) is -0.562. The van der Waals surface area contributed by atoms with Crippen molar-refractivity contribution in [1.82, 2.24) is 14.9 Å². The van der Waals surface area contributed by atoms with Crippen molar-refractivity contribution in [3.63, 3.8) is 0 Å². The van der Waals surface area contributed by atoms with Gasteiger partial charge in [0.1, 0.15) is 5.69 Å². The highest BCUT2D eigenvalue weighted by atomic mass is 16.5. The Morgan fingerprint density at radius 1 is 1.00 bits per heavy atom. The third-order valence-corrected chi connectivity index (χ3v) is 6.28. The Morgan fingerprint density at radius 3 is 2.56 bits per heavy atom. The number of ether oxygens (including phenoxy) is 1. The van der Waals surface area contributed by atoms with Gasteiger partial charge in [-0.15, -0.1) is 0 Å². The number of imide groups is 1. The lowest BCUT2D eigenvalue weighted by Crippen LogP contribution is -2.35. The highest BCUT2D eigenvalue weighted by molar-refractivity contribution is 6.08. The van der Waals surface area contributed by atoms with Crippen molar-refractivity contribution >= 4 is 40.3 Å². The van der Waals surface area contributed by atoms with Gasteiger partial charge < -0.3 is 9.30 Å². The predicted octanol–water partition coefficient (Wildman–Crippen LogP) is 4.56. The molecular weight excluding hydrogens is 454 g/mol. The molecule has 2 heterocycles. The number of benzene rings is 2. The van der Waals surface area contributed by atoms with Crippen LogP contribution < -0.4 is 5.32 Å². The van der Waals surface area contributed by atoms with Gasteiger partial charge in [0.2, 0.25) is 0 Å². The third-order valence-electron chi connectivity index (χ3n) is 6.28. The molecule has 2 amide bonds. The number of carbonyl (C=O) groups is 3. The first-order valence-electron chi connectivity index (χ1n) is 11.8. The lowest BCUT2D eigenvalue weighted by Gasteiger charge is -2.22. The molecule has 4 aromatic rings. The Balaban J connectivity index is 1.43. The first-order chi connectivity index (χ1) is 17.5. The average Bonchev–Trinajstić information content (AvgIpc) is 3.33. The largest absolute Gasteiger partial charge is 0.452 e. The topological polar surface area (TPSA) is 90.3 Å². The molecule has 0 bridgehead atoms. The summed E-state index contributed by atoms with van der Waals surface area (Å²) >= 11 is 0. The van der Waals surface area contributed by atoms with Gasteiger partial charge in [0, 0.05) is 18.6 Å². The van der Waals surface area contributed by atoms with Gasteiger partial charge >= 0.3 is 5.97 Å². The Hall–Kier alpha value is -4.52. The van der Waals surface area contributed by atoms with Crippen molar-refractivity contribution in [2.75, 3.05) is 6.61 Å². The summed E-state index contributed by atoms with van der Waals surface area (Å²) in [4.78, 5) is 42.9. The molecule has 0 atom stereocenters. The lowest BCUT2D eigenvalue weighted by molar-refractivity contribution is -0.123. The van der Waals surface area contributed by atoms with E-state index in [4.69, 9.17) is 9.72 Å². The maximum atomic E-state index is 13.3. The fourth-order valence-electron chi connectivity index (χ4n) is 4.59. The maximum absolute atomic E-state index is 13.3. The number of amides is 2. The third kappa shape index (κ3) is 4.68. The van der Waals surface area contributed by atoms with Gasteiger partial charge in [0.05, 0.1) is 16.8 Å². The van der Waals surface area contributed by atoms with Gasteiger partial charge in [-0.3, -0.25) is 14.9 Å². The van der Waals surface area contributed by atoms with Gasteiger partial charge in [-0.25, -0.2) is 9.78 Å². The number of nitrogens with zero attached hydrogens (tertiary/aromatic N) is 2. The van der Waals surface area contributed by atoms with Crippen LogP contribution in [0.4, 0.5) is 0 Å².